The van der Waals surface area contributed by atoms with Crippen molar-refractivity contribution in [3.05, 3.63) is 35.4 Å². The Morgan fingerprint density at radius 1 is 1.47 bits per heavy atom. The van der Waals surface area contributed by atoms with Crippen molar-refractivity contribution in [2.45, 2.75) is 25.9 Å². The lowest BCUT2D eigenvalue weighted by Crippen LogP contribution is -2.14. The van der Waals surface area contributed by atoms with Gasteiger partial charge >= 0.3 is 6.80 Å². The molecule has 0 radical (unpaired) electrons. The van der Waals surface area contributed by atoms with Crippen molar-refractivity contribution in [1.29, 1.82) is 0 Å². The summed E-state index contributed by atoms with van der Waals surface area (Å²) >= 11 is 3.50. The second-order valence-electron chi connectivity index (χ2n) is 4.15. The molecular weight excluding hydrogens is 257 g/mol. The van der Waals surface area contributed by atoms with Gasteiger partial charge < -0.3 is 10.6 Å². The number of rotatable bonds is 5. The van der Waals surface area contributed by atoms with E-state index in [1.54, 1.807) is 0 Å². The topological polar surface area (TPSA) is 72.5 Å². The van der Waals surface area contributed by atoms with Gasteiger partial charge in [-0.25, -0.2) is 4.57 Å². The van der Waals surface area contributed by atoms with Crippen LogP contribution in [0, 0.1) is 0 Å². The molecule has 17 heavy (non-hydrogen) atoms. The molecule has 0 bridgehead atoms. The van der Waals surface area contributed by atoms with Gasteiger partial charge in [0.2, 0.25) is 0 Å². The third-order valence-corrected chi connectivity index (χ3v) is 3.24. The molecule has 1 rings (SSSR count). The lowest BCUT2D eigenvalue weighted by atomic mass is 9.99. The van der Waals surface area contributed by atoms with Gasteiger partial charge in [0.15, 0.2) is 0 Å². The molecule has 0 heterocycles. The predicted molar refractivity (Wildman–Crippen MR) is 72.2 cm³/mol. The number of hydrogen-bond acceptors (Lipinski definition) is 3. The van der Waals surface area contributed by atoms with Gasteiger partial charge in [-0.15, -0.1) is 0 Å². The molecule has 0 saturated carbocycles. The molecule has 2 unspecified atom stereocenters. The SMILES string of the molecule is CC(C)c1cccc(C(CN)OP(=O)(O)S)c1. The normalized spacial score (nSPS) is 16.8. The Labute approximate surface area is 107 Å². The van der Waals surface area contributed by atoms with Crippen molar-refractivity contribution in [3.8, 4) is 0 Å². The fourth-order valence-corrected chi connectivity index (χ4v) is 2.40. The maximum atomic E-state index is 11.1. The van der Waals surface area contributed by atoms with Gasteiger partial charge in [0.1, 0.15) is 6.10 Å². The number of hydrogen-bond donors (Lipinski definition) is 3. The van der Waals surface area contributed by atoms with E-state index in [1.807, 2.05) is 24.3 Å². The van der Waals surface area contributed by atoms with E-state index in [0.717, 1.165) is 11.1 Å². The number of thiol groups is 1. The van der Waals surface area contributed by atoms with Crippen molar-refractivity contribution in [2.24, 2.45) is 5.73 Å². The standard InChI is InChI=1S/C11H18NO3PS/c1-8(2)9-4-3-5-10(6-9)11(7-12)15-16(13,14)17/h3-6,8,11H,7,12H2,1-2H3,(H2,13,14,17). The van der Waals surface area contributed by atoms with Crippen LogP contribution in [0.5, 0.6) is 0 Å². The molecule has 1 aromatic rings. The summed E-state index contributed by atoms with van der Waals surface area (Å²) in [6.45, 7) is 0.456. The Kier molecular flexibility index (Phi) is 5.22. The van der Waals surface area contributed by atoms with Crippen molar-refractivity contribution in [2.75, 3.05) is 6.54 Å². The molecule has 2 atom stereocenters. The van der Waals surface area contributed by atoms with Crippen molar-refractivity contribution in [1.82, 2.24) is 0 Å². The maximum Gasteiger partial charge on any atom is 0.384 e. The van der Waals surface area contributed by atoms with Crippen LogP contribution < -0.4 is 5.73 Å². The summed E-state index contributed by atoms with van der Waals surface area (Å²) in [6.07, 6.45) is -0.609. The minimum atomic E-state index is -3.83. The minimum Gasteiger partial charge on any atom is -0.328 e. The highest BCUT2D eigenvalue weighted by molar-refractivity contribution is 8.44. The van der Waals surface area contributed by atoms with E-state index in [9.17, 15) is 4.57 Å². The van der Waals surface area contributed by atoms with Crippen LogP contribution in [0.1, 0.15) is 37.0 Å². The molecule has 3 N–H and O–H groups in total. The highest BCUT2D eigenvalue weighted by atomic mass is 32.7. The molecule has 1 aromatic carbocycles. The van der Waals surface area contributed by atoms with Gasteiger partial charge in [0.05, 0.1) is 0 Å². The van der Waals surface area contributed by atoms with Crippen LogP contribution in [0.4, 0.5) is 0 Å². The van der Waals surface area contributed by atoms with E-state index in [0.29, 0.717) is 5.92 Å². The lowest BCUT2D eigenvalue weighted by Gasteiger charge is -2.18. The second kappa shape index (κ2) is 6.03. The first-order valence-electron chi connectivity index (χ1n) is 5.37. The van der Waals surface area contributed by atoms with Crippen molar-refractivity contribution >= 4 is 19.0 Å². The zero-order chi connectivity index (χ0) is 13.1. The van der Waals surface area contributed by atoms with Crippen LogP contribution in [0.3, 0.4) is 0 Å². The largest absolute Gasteiger partial charge is 0.384 e. The molecule has 0 saturated heterocycles. The fraction of sp³-hybridized carbons (Fsp3) is 0.455. The third kappa shape index (κ3) is 4.82. The van der Waals surface area contributed by atoms with Crippen LogP contribution in [-0.4, -0.2) is 11.4 Å². The zero-order valence-corrected chi connectivity index (χ0v) is 11.7. The van der Waals surface area contributed by atoms with Crippen molar-refractivity contribution < 1.29 is 14.0 Å². The summed E-state index contributed by atoms with van der Waals surface area (Å²) in [5.41, 5.74) is 7.48. The highest BCUT2D eigenvalue weighted by Crippen LogP contribution is 2.50. The second-order valence-corrected chi connectivity index (χ2v) is 6.85. The first-order valence-corrected chi connectivity index (χ1v) is 8.10. The molecule has 96 valence electrons. The molecular formula is C11H18NO3PS. The minimum absolute atomic E-state index is 0.132. The third-order valence-electron chi connectivity index (χ3n) is 2.43. The highest BCUT2D eigenvalue weighted by Gasteiger charge is 2.21. The summed E-state index contributed by atoms with van der Waals surface area (Å²) in [6, 6.07) is 7.65. The Morgan fingerprint density at radius 2 is 2.06 bits per heavy atom. The van der Waals surface area contributed by atoms with E-state index in [-0.39, 0.29) is 6.54 Å². The average molecular weight is 275 g/mol. The molecule has 0 spiro atoms. The predicted octanol–water partition coefficient (Wildman–Crippen LogP) is 2.86. The number of benzene rings is 1. The summed E-state index contributed by atoms with van der Waals surface area (Å²) < 4.78 is 16.1. The zero-order valence-electron chi connectivity index (χ0n) is 9.91. The van der Waals surface area contributed by atoms with Gasteiger partial charge in [0.25, 0.3) is 0 Å². The Bertz CT molecular complexity index is 419. The van der Waals surface area contributed by atoms with E-state index in [2.05, 4.69) is 26.1 Å². The molecule has 0 aliphatic rings. The molecule has 6 heteroatoms. The van der Waals surface area contributed by atoms with E-state index in [1.165, 1.54) is 0 Å². The fourth-order valence-electron chi connectivity index (χ4n) is 1.52. The van der Waals surface area contributed by atoms with Gasteiger partial charge in [-0.05, 0) is 17.0 Å². The van der Waals surface area contributed by atoms with Gasteiger partial charge in [-0.3, -0.25) is 4.52 Å². The Hall–Kier alpha value is -0.320. The van der Waals surface area contributed by atoms with Crippen LogP contribution in [0.15, 0.2) is 24.3 Å². The van der Waals surface area contributed by atoms with E-state index in [4.69, 9.17) is 15.2 Å². The average Bonchev–Trinajstić information content (AvgIpc) is 2.25. The van der Waals surface area contributed by atoms with Crippen molar-refractivity contribution in [3.63, 3.8) is 0 Å². The van der Waals surface area contributed by atoms with Gasteiger partial charge in [-0.1, -0.05) is 50.4 Å². The summed E-state index contributed by atoms with van der Waals surface area (Å²) in [4.78, 5) is 9.10. The quantitative estimate of drug-likeness (QED) is 0.570. The molecule has 0 aliphatic heterocycles. The van der Waals surface area contributed by atoms with E-state index < -0.39 is 12.9 Å². The lowest BCUT2D eigenvalue weighted by molar-refractivity contribution is 0.194. The Balaban J connectivity index is 2.96. The number of nitrogens with two attached hydrogens (primary N) is 1. The Morgan fingerprint density at radius 3 is 2.53 bits per heavy atom. The van der Waals surface area contributed by atoms with Crippen LogP contribution in [-0.2, 0) is 9.09 Å². The molecule has 0 fully saturated rings. The summed E-state index contributed by atoms with van der Waals surface area (Å²) in [7, 11) is 0. The first-order chi connectivity index (χ1) is 7.83. The van der Waals surface area contributed by atoms with Gasteiger partial charge in [-0.2, -0.15) is 0 Å². The molecule has 4 nitrogen and oxygen atoms in total. The van der Waals surface area contributed by atoms with Crippen LogP contribution in [0.2, 0.25) is 0 Å². The molecule has 0 aliphatic carbocycles. The molecule has 0 aromatic heterocycles. The smallest absolute Gasteiger partial charge is 0.328 e. The molecule has 0 amide bonds. The van der Waals surface area contributed by atoms with Crippen LogP contribution in [0.25, 0.3) is 0 Å². The monoisotopic (exact) mass is 275 g/mol. The van der Waals surface area contributed by atoms with E-state index >= 15 is 0 Å². The summed E-state index contributed by atoms with van der Waals surface area (Å²) in [5.74, 6) is 0.380. The van der Waals surface area contributed by atoms with Gasteiger partial charge in [0, 0.05) is 6.54 Å². The first kappa shape index (κ1) is 14.7. The summed E-state index contributed by atoms with van der Waals surface area (Å²) in [5, 5.41) is 0. The maximum absolute atomic E-state index is 11.1. The van der Waals surface area contributed by atoms with Crippen LogP contribution >= 0.6 is 19.0 Å².